The highest BCUT2D eigenvalue weighted by Gasteiger charge is 2.23. The maximum absolute atomic E-state index is 5.83. The van der Waals surface area contributed by atoms with Crippen LogP contribution in [0.1, 0.15) is 59.8 Å². The molecule has 0 amide bonds. The molecule has 0 saturated heterocycles. The maximum atomic E-state index is 5.83. The van der Waals surface area contributed by atoms with E-state index >= 15 is 0 Å². The van der Waals surface area contributed by atoms with Gasteiger partial charge in [-0.05, 0) is 36.8 Å². The van der Waals surface area contributed by atoms with E-state index in [1.54, 1.807) is 0 Å². The molecular formula is C12H25NOSi. The van der Waals surface area contributed by atoms with Crippen LogP contribution in [-0.2, 0) is 4.53 Å². The van der Waals surface area contributed by atoms with Crippen molar-refractivity contribution in [3.63, 3.8) is 0 Å². The molecule has 1 saturated carbocycles. The molecule has 0 atom stereocenters. The van der Waals surface area contributed by atoms with Crippen molar-refractivity contribution >= 4 is 14.8 Å². The summed E-state index contributed by atoms with van der Waals surface area (Å²) in [5.41, 5.74) is 2.66. The molecule has 0 aromatic carbocycles. The number of rotatable bonds is 4. The van der Waals surface area contributed by atoms with Crippen LogP contribution >= 0.6 is 0 Å². The van der Waals surface area contributed by atoms with Gasteiger partial charge in [0, 0.05) is 0 Å². The molecule has 1 fully saturated rings. The summed E-state index contributed by atoms with van der Waals surface area (Å²) in [4.78, 5) is 0. The Bertz CT molecular complexity index is 198. The van der Waals surface area contributed by atoms with Crippen LogP contribution in [0.2, 0.25) is 11.1 Å². The molecule has 0 N–H and O–H groups in total. The molecule has 15 heavy (non-hydrogen) atoms. The molecule has 1 rings (SSSR count). The van der Waals surface area contributed by atoms with Crippen LogP contribution in [0.25, 0.3) is 0 Å². The lowest BCUT2D eigenvalue weighted by Gasteiger charge is -2.21. The fourth-order valence-electron chi connectivity index (χ4n) is 2.20. The zero-order chi connectivity index (χ0) is 11.3. The van der Waals surface area contributed by atoms with E-state index in [-0.39, 0.29) is 0 Å². The summed E-state index contributed by atoms with van der Waals surface area (Å²) in [5.74, 6) is 0. The lowest BCUT2D eigenvalue weighted by Crippen LogP contribution is -2.24. The second kappa shape index (κ2) is 6.31. The van der Waals surface area contributed by atoms with Gasteiger partial charge in [-0.2, -0.15) is 0 Å². The lowest BCUT2D eigenvalue weighted by molar-refractivity contribution is 0.325. The van der Waals surface area contributed by atoms with E-state index in [1.165, 1.54) is 25.0 Å². The van der Waals surface area contributed by atoms with Gasteiger partial charge in [0.2, 0.25) is 0 Å². The van der Waals surface area contributed by atoms with Crippen LogP contribution in [0, 0.1) is 0 Å². The first kappa shape index (κ1) is 12.8. The first-order valence-electron chi connectivity index (χ1n) is 6.33. The zero-order valence-electron chi connectivity index (χ0n) is 10.6. The van der Waals surface area contributed by atoms with Gasteiger partial charge in [-0.1, -0.05) is 34.1 Å². The SMILES string of the molecule is CC(C)[SiH](ON=C1CCCCC1)C(C)C. The number of hydrogen-bond donors (Lipinski definition) is 0. The molecule has 0 heterocycles. The van der Waals surface area contributed by atoms with E-state index in [0.29, 0.717) is 11.1 Å². The molecule has 1 aliphatic rings. The third kappa shape index (κ3) is 4.37. The Morgan fingerprint density at radius 3 is 2.00 bits per heavy atom. The summed E-state index contributed by atoms with van der Waals surface area (Å²) in [6.45, 7) is 9.05. The van der Waals surface area contributed by atoms with Gasteiger partial charge in [0.15, 0.2) is 0 Å². The summed E-state index contributed by atoms with van der Waals surface area (Å²) < 4.78 is 5.83. The Morgan fingerprint density at radius 2 is 1.53 bits per heavy atom. The highest BCUT2D eigenvalue weighted by Crippen LogP contribution is 2.22. The minimum Gasteiger partial charge on any atom is -0.458 e. The van der Waals surface area contributed by atoms with Gasteiger partial charge in [-0.3, -0.25) is 0 Å². The first-order valence-corrected chi connectivity index (χ1v) is 8.13. The van der Waals surface area contributed by atoms with E-state index in [4.69, 9.17) is 4.53 Å². The van der Waals surface area contributed by atoms with Gasteiger partial charge >= 0.3 is 0 Å². The minimum atomic E-state index is -1.14. The van der Waals surface area contributed by atoms with Gasteiger partial charge in [-0.15, -0.1) is 5.16 Å². The molecule has 0 unspecified atom stereocenters. The third-order valence-electron chi connectivity index (χ3n) is 3.05. The Morgan fingerprint density at radius 1 is 1.00 bits per heavy atom. The molecule has 0 aromatic heterocycles. The van der Waals surface area contributed by atoms with Crippen molar-refractivity contribution in [2.24, 2.45) is 5.16 Å². The molecule has 1 aliphatic carbocycles. The van der Waals surface area contributed by atoms with E-state index in [2.05, 4.69) is 32.9 Å². The lowest BCUT2D eigenvalue weighted by atomic mass is 9.99. The summed E-state index contributed by atoms with van der Waals surface area (Å²) in [7, 11) is -1.14. The summed E-state index contributed by atoms with van der Waals surface area (Å²) in [6, 6.07) is 0. The van der Waals surface area contributed by atoms with Crippen LogP contribution in [0.5, 0.6) is 0 Å². The second-order valence-corrected chi connectivity index (χ2v) is 9.08. The fraction of sp³-hybridized carbons (Fsp3) is 0.917. The first-order chi connectivity index (χ1) is 7.11. The molecule has 0 aromatic rings. The van der Waals surface area contributed by atoms with Crippen LogP contribution in [0.15, 0.2) is 5.16 Å². The predicted octanol–water partition coefficient (Wildman–Crippen LogP) is 3.87. The Kier molecular flexibility index (Phi) is 5.36. The summed E-state index contributed by atoms with van der Waals surface area (Å²) in [5, 5.41) is 4.40. The number of hydrogen-bond acceptors (Lipinski definition) is 2. The van der Waals surface area contributed by atoms with Gasteiger partial charge < -0.3 is 4.53 Å². The van der Waals surface area contributed by atoms with Crippen molar-refractivity contribution in [3.8, 4) is 0 Å². The predicted molar refractivity (Wildman–Crippen MR) is 69.0 cm³/mol. The van der Waals surface area contributed by atoms with Crippen molar-refractivity contribution in [2.45, 2.75) is 70.9 Å². The smallest absolute Gasteiger partial charge is 0.277 e. The van der Waals surface area contributed by atoms with Crippen LogP contribution in [0.3, 0.4) is 0 Å². The molecule has 0 spiro atoms. The summed E-state index contributed by atoms with van der Waals surface area (Å²) >= 11 is 0. The summed E-state index contributed by atoms with van der Waals surface area (Å²) in [6.07, 6.45) is 6.30. The van der Waals surface area contributed by atoms with E-state index in [1.807, 2.05) is 0 Å². The average molecular weight is 227 g/mol. The van der Waals surface area contributed by atoms with Crippen molar-refractivity contribution in [1.82, 2.24) is 0 Å². The molecule has 0 aliphatic heterocycles. The van der Waals surface area contributed by atoms with Gasteiger partial charge in [0.05, 0.1) is 5.71 Å². The van der Waals surface area contributed by atoms with Crippen molar-refractivity contribution in [1.29, 1.82) is 0 Å². The number of oxime groups is 1. The molecule has 88 valence electrons. The highest BCUT2D eigenvalue weighted by atomic mass is 28.3. The minimum absolute atomic E-state index is 0.679. The van der Waals surface area contributed by atoms with Crippen LogP contribution in [0.4, 0.5) is 0 Å². The normalized spacial score (nSPS) is 17.7. The molecular weight excluding hydrogens is 202 g/mol. The van der Waals surface area contributed by atoms with E-state index in [0.717, 1.165) is 12.8 Å². The maximum Gasteiger partial charge on any atom is 0.277 e. The monoisotopic (exact) mass is 227 g/mol. The average Bonchev–Trinajstić information content (AvgIpc) is 2.18. The third-order valence-corrected chi connectivity index (χ3v) is 6.03. The van der Waals surface area contributed by atoms with Crippen LogP contribution < -0.4 is 0 Å². The topological polar surface area (TPSA) is 21.6 Å². The highest BCUT2D eigenvalue weighted by molar-refractivity contribution is 6.54. The van der Waals surface area contributed by atoms with Gasteiger partial charge in [0.25, 0.3) is 9.04 Å². The zero-order valence-corrected chi connectivity index (χ0v) is 11.8. The largest absolute Gasteiger partial charge is 0.458 e. The molecule has 2 nitrogen and oxygen atoms in total. The molecule has 0 bridgehead atoms. The van der Waals surface area contributed by atoms with Gasteiger partial charge in [0.1, 0.15) is 0 Å². The molecule has 0 radical (unpaired) electrons. The standard InChI is InChI=1S/C12H25NOSi/c1-10(2)15(11(3)4)14-13-12-8-6-5-7-9-12/h10-11,15H,5-9H2,1-4H3. The Labute approximate surface area is 95.8 Å². The van der Waals surface area contributed by atoms with Crippen molar-refractivity contribution in [3.05, 3.63) is 0 Å². The quantitative estimate of drug-likeness (QED) is 0.528. The van der Waals surface area contributed by atoms with Gasteiger partial charge in [-0.25, -0.2) is 0 Å². The van der Waals surface area contributed by atoms with E-state index in [9.17, 15) is 0 Å². The Balaban J connectivity index is 2.44. The number of nitrogens with zero attached hydrogens (tertiary/aromatic N) is 1. The molecule has 3 heteroatoms. The van der Waals surface area contributed by atoms with Crippen molar-refractivity contribution < 1.29 is 4.53 Å². The fourth-order valence-corrected chi connectivity index (χ4v) is 4.50. The second-order valence-electron chi connectivity index (χ2n) is 5.28. The van der Waals surface area contributed by atoms with Crippen molar-refractivity contribution in [2.75, 3.05) is 0 Å². The van der Waals surface area contributed by atoms with Crippen LogP contribution in [-0.4, -0.2) is 14.8 Å². The Hall–Kier alpha value is -0.313. The van der Waals surface area contributed by atoms with E-state index < -0.39 is 9.04 Å².